The Balaban J connectivity index is 1.95. The van der Waals surface area contributed by atoms with Gasteiger partial charge in [0.1, 0.15) is 11.3 Å². The van der Waals surface area contributed by atoms with Gasteiger partial charge in [0.2, 0.25) is 11.6 Å². The highest BCUT2D eigenvalue weighted by Gasteiger charge is 2.20. The van der Waals surface area contributed by atoms with Gasteiger partial charge in [-0.3, -0.25) is 9.36 Å². The van der Waals surface area contributed by atoms with Crippen molar-refractivity contribution in [3.05, 3.63) is 35.7 Å². The molecule has 0 atom stereocenters. The van der Waals surface area contributed by atoms with Crippen molar-refractivity contribution in [1.29, 1.82) is 0 Å². The van der Waals surface area contributed by atoms with Crippen LogP contribution in [0.3, 0.4) is 0 Å². The fraction of sp³-hybridized carbons (Fsp3) is 0.235. The van der Waals surface area contributed by atoms with Crippen molar-refractivity contribution in [1.82, 2.24) is 19.5 Å². The lowest BCUT2D eigenvalue weighted by Gasteiger charge is -2.13. The number of rotatable bonds is 3. The third-order valence-corrected chi connectivity index (χ3v) is 4.25. The van der Waals surface area contributed by atoms with Crippen molar-refractivity contribution in [2.75, 3.05) is 31.8 Å². The number of nitrogen functional groups attached to an aromatic ring is 1. The summed E-state index contributed by atoms with van der Waals surface area (Å²) in [4.78, 5) is 28.9. The number of fused-ring (bicyclic) bond motifs is 3. The summed E-state index contributed by atoms with van der Waals surface area (Å²) in [6, 6.07) is 3.71. The summed E-state index contributed by atoms with van der Waals surface area (Å²) in [6.45, 7) is 1.34. The van der Waals surface area contributed by atoms with Crippen molar-refractivity contribution < 1.29 is 14.3 Å². The second-order valence-corrected chi connectivity index (χ2v) is 5.78. The molecule has 3 N–H and O–H groups in total. The molecule has 2 aromatic heterocycles. The van der Waals surface area contributed by atoms with E-state index < -0.39 is 5.91 Å². The van der Waals surface area contributed by atoms with Gasteiger partial charge in [-0.1, -0.05) is 0 Å². The Morgan fingerprint density at radius 3 is 2.74 bits per heavy atom. The number of anilines is 2. The normalized spacial score (nSPS) is 13.3. The largest absolute Gasteiger partial charge is 0.493 e. The second kappa shape index (κ2) is 6.56. The van der Waals surface area contributed by atoms with Gasteiger partial charge in [-0.05, 0) is 12.1 Å². The summed E-state index contributed by atoms with van der Waals surface area (Å²) in [5.41, 5.74) is 6.50. The van der Waals surface area contributed by atoms with E-state index >= 15 is 0 Å². The van der Waals surface area contributed by atoms with E-state index in [1.807, 2.05) is 16.7 Å². The van der Waals surface area contributed by atoms with Crippen LogP contribution in [0.15, 0.2) is 29.5 Å². The number of hydrogen-bond donors (Lipinski definition) is 2. The molecule has 0 unspecified atom stereocenters. The average Bonchev–Trinajstić information content (AvgIpc) is 3.18. The molecule has 3 heterocycles. The molecule has 0 aliphatic carbocycles. The van der Waals surface area contributed by atoms with Crippen molar-refractivity contribution in [3.63, 3.8) is 0 Å². The van der Waals surface area contributed by atoms with Crippen LogP contribution in [0, 0.1) is 0 Å². The zero-order chi connectivity index (χ0) is 19.0. The van der Waals surface area contributed by atoms with E-state index in [0.29, 0.717) is 30.1 Å². The molecule has 1 aliphatic heterocycles. The minimum absolute atomic E-state index is 0.0895. The average molecular weight is 367 g/mol. The molecular weight excluding hydrogens is 350 g/mol. The molecule has 27 heavy (non-hydrogen) atoms. The first-order valence-electron chi connectivity index (χ1n) is 8.18. The molecule has 0 saturated heterocycles. The van der Waals surface area contributed by atoms with Gasteiger partial charge >= 0.3 is 0 Å². The molecule has 1 amide bonds. The molecule has 0 bridgehead atoms. The van der Waals surface area contributed by atoms with Crippen LogP contribution in [0.2, 0.25) is 0 Å². The lowest BCUT2D eigenvalue weighted by molar-refractivity contribution is 0.0996. The number of nitrogens with two attached hydrogens (primary N) is 1. The first-order chi connectivity index (χ1) is 13.1. The van der Waals surface area contributed by atoms with Gasteiger partial charge in [0.15, 0.2) is 11.5 Å². The lowest BCUT2D eigenvalue weighted by Crippen LogP contribution is -2.25. The smallest absolute Gasteiger partial charge is 0.283 e. The van der Waals surface area contributed by atoms with E-state index in [4.69, 9.17) is 15.2 Å². The van der Waals surface area contributed by atoms with Gasteiger partial charge < -0.3 is 20.5 Å². The maximum Gasteiger partial charge on any atom is 0.283 e. The van der Waals surface area contributed by atoms with Crippen LogP contribution in [0.1, 0.15) is 10.4 Å². The highest BCUT2D eigenvalue weighted by molar-refractivity contribution is 5.96. The van der Waals surface area contributed by atoms with Crippen LogP contribution in [-0.4, -0.2) is 46.2 Å². The van der Waals surface area contributed by atoms with Gasteiger partial charge in [-0.2, -0.15) is 4.99 Å². The number of nitrogens with zero attached hydrogens (tertiary/aromatic N) is 5. The summed E-state index contributed by atoms with van der Waals surface area (Å²) in [7, 11) is 3.10. The van der Waals surface area contributed by atoms with Crippen molar-refractivity contribution in [2.24, 2.45) is 4.99 Å². The zero-order valence-electron chi connectivity index (χ0n) is 14.8. The predicted octanol–water partition coefficient (Wildman–Crippen LogP) is 0.592. The monoisotopic (exact) mass is 367 g/mol. The molecule has 0 fully saturated rings. The molecule has 1 aliphatic rings. The van der Waals surface area contributed by atoms with Crippen LogP contribution in [0.5, 0.6) is 11.5 Å². The van der Waals surface area contributed by atoms with Crippen LogP contribution in [-0.2, 0) is 6.54 Å². The summed E-state index contributed by atoms with van der Waals surface area (Å²) >= 11 is 0. The molecular formula is C17H17N7O3. The van der Waals surface area contributed by atoms with Gasteiger partial charge in [0.05, 0.1) is 19.8 Å². The van der Waals surface area contributed by atoms with E-state index in [0.717, 1.165) is 11.2 Å². The van der Waals surface area contributed by atoms with E-state index in [2.05, 4.69) is 25.3 Å². The number of methoxy groups -OCH3 is 2. The third kappa shape index (κ3) is 2.80. The molecule has 138 valence electrons. The maximum absolute atomic E-state index is 12.5. The first kappa shape index (κ1) is 16.8. The Morgan fingerprint density at radius 1 is 1.26 bits per heavy atom. The Hall–Kier alpha value is -3.69. The highest BCUT2D eigenvalue weighted by atomic mass is 16.5. The van der Waals surface area contributed by atoms with Gasteiger partial charge in [0, 0.05) is 30.9 Å². The van der Waals surface area contributed by atoms with Crippen LogP contribution in [0.4, 0.5) is 11.8 Å². The number of nitrogens with one attached hydrogen (secondary N) is 1. The van der Waals surface area contributed by atoms with E-state index in [1.165, 1.54) is 12.4 Å². The first-order valence-corrected chi connectivity index (χ1v) is 8.18. The third-order valence-electron chi connectivity index (χ3n) is 4.25. The molecule has 1 aromatic carbocycles. The Bertz CT molecular complexity index is 1110. The summed E-state index contributed by atoms with van der Waals surface area (Å²) < 4.78 is 12.7. The van der Waals surface area contributed by atoms with Gasteiger partial charge in [0.25, 0.3) is 5.91 Å². The lowest BCUT2D eigenvalue weighted by atomic mass is 10.2. The number of benzene rings is 1. The Labute approximate surface area is 153 Å². The molecule has 0 spiro atoms. The quantitative estimate of drug-likeness (QED) is 0.688. The minimum atomic E-state index is -0.509. The number of hydrogen-bond acceptors (Lipinski definition) is 8. The number of carbonyl (C=O) groups excluding carboxylic acids is 1. The molecule has 4 rings (SSSR count). The van der Waals surface area contributed by atoms with Gasteiger partial charge in [-0.15, -0.1) is 0 Å². The number of ether oxygens (including phenoxy) is 2. The van der Waals surface area contributed by atoms with Crippen LogP contribution in [0.25, 0.3) is 10.9 Å². The summed E-state index contributed by atoms with van der Waals surface area (Å²) in [5, 5.41) is 4.16. The fourth-order valence-electron chi connectivity index (χ4n) is 3.00. The minimum Gasteiger partial charge on any atom is -0.493 e. The Morgan fingerprint density at radius 2 is 2.04 bits per heavy atom. The van der Waals surface area contributed by atoms with Crippen LogP contribution >= 0.6 is 0 Å². The predicted molar refractivity (Wildman–Crippen MR) is 97.7 cm³/mol. The topological polar surface area (TPSA) is 130 Å². The van der Waals surface area contributed by atoms with Crippen molar-refractivity contribution in [3.8, 4) is 11.5 Å². The fourth-order valence-corrected chi connectivity index (χ4v) is 3.00. The number of amides is 1. The highest BCUT2D eigenvalue weighted by Crippen LogP contribution is 2.36. The van der Waals surface area contributed by atoms with Gasteiger partial charge in [-0.25, -0.2) is 15.0 Å². The second-order valence-electron chi connectivity index (χ2n) is 5.78. The Kier molecular flexibility index (Phi) is 4.07. The summed E-state index contributed by atoms with van der Waals surface area (Å²) in [6.07, 6.45) is 2.67. The van der Waals surface area contributed by atoms with Crippen molar-refractivity contribution >= 4 is 28.6 Å². The molecule has 0 saturated carbocycles. The van der Waals surface area contributed by atoms with E-state index in [9.17, 15) is 4.79 Å². The summed E-state index contributed by atoms with van der Waals surface area (Å²) in [5.74, 6) is 1.43. The molecule has 10 nitrogen and oxygen atoms in total. The standard InChI is InChI=1S/C17H17N7O3/c1-26-11-4-3-10-12(13(11)27-2)22-17(24-6-5-19-14(10)24)23-15(25)9-7-20-16(18)21-8-9/h3-4,7-8,19H,5-6H2,1-2H3,(H2,18,20,21). The van der Waals surface area contributed by atoms with Crippen LogP contribution < -0.4 is 26.1 Å². The van der Waals surface area contributed by atoms with E-state index in [-0.39, 0.29) is 17.1 Å². The van der Waals surface area contributed by atoms with Crippen molar-refractivity contribution in [2.45, 2.75) is 6.54 Å². The SMILES string of the molecule is COc1ccc2c3n(c(=NC(=O)c4cnc(N)nc4)nc2c1OC)CCN3. The maximum atomic E-state index is 12.5. The molecule has 3 aromatic rings. The molecule has 10 heteroatoms. The number of aromatic nitrogens is 4. The molecule has 0 radical (unpaired) electrons. The number of carbonyl (C=O) groups is 1. The van der Waals surface area contributed by atoms with E-state index in [1.54, 1.807) is 14.2 Å². The zero-order valence-corrected chi connectivity index (χ0v) is 14.8.